The molecule has 1 N–H and O–H groups in total. The predicted molar refractivity (Wildman–Crippen MR) is 121 cm³/mol. The second kappa shape index (κ2) is 10.8. The Kier molecular flexibility index (Phi) is 7.66. The average molecular weight is 431 g/mol. The van der Waals surface area contributed by atoms with Crippen LogP contribution in [0.1, 0.15) is 12.0 Å². The molecule has 1 aromatic heterocycles. The monoisotopic (exact) mass is 430 g/mol. The molecule has 0 unspecified atom stereocenters. The van der Waals surface area contributed by atoms with Gasteiger partial charge in [0.2, 0.25) is 5.91 Å². The van der Waals surface area contributed by atoms with Crippen molar-refractivity contribution in [2.24, 2.45) is 0 Å². The molecule has 5 nitrogen and oxygen atoms in total. The molecule has 1 heterocycles. The quantitative estimate of drug-likeness (QED) is 0.450. The maximum atomic E-state index is 12.1. The van der Waals surface area contributed by atoms with Crippen LogP contribution in [0.4, 0.5) is 5.69 Å². The topological polar surface area (TPSA) is 76.1 Å². The Morgan fingerprint density at radius 2 is 1.65 bits per heavy atom. The normalized spacial score (nSPS) is 9.97. The first kappa shape index (κ1) is 21.9. The van der Waals surface area contributed by atoms with Crippen molar-refractivity contribution in [2.75, 3.05) is 5.32 Å². The Labute approximate surface area is 184 Å². The summed E-state index contributed by atoms with van der Waals surface area (Å²) < 4.78 is 0. The van der Waals surface area contributed by atoms with Crippen molar-refractivity contribution in [3.8, 4) is 11.3 Å². The first-order valence-corrected chi connectivity index (χ1v) is 9.96. The van der Waals surface area contributed by atoms with Gasteiger partial charge in [0.25, 0.3) is 0 Å². The number of halogens is 1. The van der Waals surface area contributed by atoms with Gasteiger partial charge in [-0.1, -0.05) is 66.2 Å². The second-order valence-corrected chi connectivity index (χ2v) is 7.16. The molecule has 3 aromatic carbocycles. The molecular formula is C25H19ClN2O3. The van der Waals surface area contributed by atoms with Crippen molar-refractivity contribution >= 4 is 40.2 Å². The van der Waals surface area contributed by atoms with Gasteiger partial charge in [-0.25, -0.2) is 4.98 Å². The zero-order valence-electron chi connectivity index (χ0n) is 16.5. The minimum Gasteiger partial charge on any atom is -0.326 e. The highest BCUT2D eigenvalue weighted by molar-refractivity contribution is 6.30. The molecule has 0 aliphatic carbocycles. The van der Waals surface area contributed by atoms with Crippen molar-refractivity contribution in [2.45, 2.75) is 12.8 Å². The van der Waals surface area contributed by atoms with E-state index in [0.29, 0.717) is 17.9 Å². The Bertz CT molecular complexity index is 1220. The molecule has 0 aliphatic rings. The van der Waals surface area contributed by atoms with Gasteiger partial charge in [-0.15, -0.1) is 0 Å². The van der Waals surface area contributed by atoms with Crippen molar-refractivity contribution in [3.63, 3.8) is 0 Å². The molecule has 0 fully saturated rings. The van der Waals surface area contributed by atoms with Gasteiger partial charge in [-0.2, -0.15) is 9.59 Å². The van der Waals surface area contributed by atoms with Crippen LogP contribution in [0, 0.1) is 0 Å². The number of fused-ring (bicyclic) bond motifs is 1. The molecule has 1 amide bonds. The standard InChI is InChI=1S/C24H19ClN2O.CO2/c25-20-5-3-6-21(16-20)26-24(28)15-10-17-8-11-19(12-9-17)23-14-13-18-4-1-2-7-22(18)27-23;2-1-3/h1-9,11-14,16H,10,15H2,(H,26,28);. The summed E-state index contributed by atoms with van der Waals surface area (Å²) in [5, 5.41) is 4.61. The van der Waals surface area contributed by atoms with Gasteiger partial charge in [0.1, 0.15) is 0 Å². The van der Waals surface area contributed by atoms with E-state index in [1.807, 2.05) is 36.4 Å². The average Bonchev–Trinajstić information content (AvgIpc) is 2.78. The number of amides is 1. The summed E-state index contributed by atoms with van der Waals surface area (Å²) in [4.78, 5) is 33.1. The van der Waals surface area contributed by atoms with Gasteiger partial charge in [0, 0.05) is 28.1 Å². The van der Waals surface area contributed by atoms with E-state index in [4.69, 9.17) is 26.2 Å². The number of hydrogen-bond acceptors (Lipinski definition) is 4. The number of anilines is 1. The minimum atomic E-state index is -0.0254. The van der Waals surface area contributed by atoms with Gasteiger partial charge in [0.05, 0.1) is 11.2 Å². The zero-order chi connectivity index (χ0) is 22.1. The Hall–Kier alpha value is -3.79. The third kappa shape index (κ3) is 6.34. The van der Waals surface area contributed by atoms with Crippen LogP contribution in [0.2, 0.25) is 5.02 Å². The molecular weight excluding hydrogens is 412 g/mol. The number of nitrogens with zero attached hydrogens (tertiary/aromatic N) is 1. The third-order valence-electron chi connectivity index (χ3n) is 4.60. The number of carbonyl (C=O) groups is 1. The molecule has 4 aromatic rings. The lowest BCUT2D eigenvalue weighted by molar-refractivity contribution is -0.191. The molecule has 0 saturated carbocycles. The fourth-order valence-corrected chi connectivity index (χ4v) is 3.31. The number of aromatic nitrogens is 1. The number of benzene rings is 3. The number of carbonyl (C=O) groups excluding carboxylic acids is 3. The Morgan fingerprint density at radius 3 is 2.39 bits per heavy atom. The molecule has 4 rings (SSSR count). The van der Waals surface area contributed by atoms with Crippen molar-refractivity contribution < 1.29 is 14.4 Å². The van der Waals surface area contributed by atoms with Gasteiger partial charge in [-0.05, 0) is 42.3 Å². The first-order chi connectivity index (χ1) is 15.1. The van der Waals surface area contributed by atoms with Gasteiger partial charge in [-0.3, -0.25) is 4.79 Å². The van der Waals surface area contributed by atoms with E-state index >= 15 is 0 Å². The molecule has 31 heavy (non-hydrogen) atoms. The zero-order valence-corrected chi connectivity index (χ0v) is 17.3. The number of rotatable bonds is 5. The lowest BCUT2D eigenvalue weighted by Gasteiger charge is -2.07. The van der Waals surface area contributed by atoms with E-state index in [1.54, 1.807) is 12.1 Å². The van der Waals surface area contributed by atoms with Crippen LogP contribution in [0.5, 0.6) is 0 Å². The number of pyridine rings is 1. The van der Waals surface area contributed by atoms with Crippen LogP contribution in [-0.4, -0.2) is 17.0 Å². The van der Waals surface area contributed by atoms with Crippen LogP contribution >= 0.6 is 11.6 Å². The van der Waals surface area contributed by atoms with E-state index in [1.165, 1.54) is 0 Å². The number of hydrogen-bond donors (Lipinski definition) is 1. The summed E-state index contributed by atoms with van der Waals surface area (Å²) in [5.74, 6) is -0.0254. The molecule has 0 saturated heterocycles. The smallest absolute Gasteiger partial charge is 0.326 e. The highest BCUT2D eigenvalue weighted by Crippen LogP contribution is 2.22. The number of para-hydroxylation sites is 1. The van der Waals surface area contributed by atoms with Crippen molar-refractivity contribution in [3.05, 3.63) is 95.5 Å². The van der Waals surface area contributed by atoms with Crippen molar-refractivity contribution in [1.29, 1.82) is 0 Å². The fraction of sp³-hybridized carbons (Fsp3) is 0.0800. The highest BCUT2D eigenvalue weighted by atomic mass is 35.5. The lowest BCUT2D eigenvalue weighted by Crippen LogP contribution is -2.12. The summed E-state index contributed by atoms with van der Waals surface area (Å²) in [6, 6.07) is 27.6. The second-order valence-electron chi connectivity index (χ2n) is 6.73. The first-order valence-electron chi connectivity index (χ1n) is 9.59. The highest BCUT2D eigenvalue weighted by Gasteiger charge is 2.05. The van der Waals surface area contributed by atoms with E-state index in [2.05, 4.69) is 41.7 Å². The van der Waals surface area contributed by atoms with Crippen LogP contribution < -0.4 is 5.32 Å². The summed E-state index contributed by atoms with van der Waals surface area (Å²) >= 11 is 5.94. The van der Waals surface area contributed by atoms with E-state index in [-0.39, 0.29) is 12.1 Å². The van der Waals surface area contributed by atoms with Crippen LogP contribution in [0.15, 0.2) is 84.9 Å². The largest absolute Gasteiger partial charge is 0.373 e. The molecule has 6 heteroatoms. The van der Waals surface area contributed by atoms with Crippen molar-refractivity contribution in [1.82, 2.24) is 4.98 Å². The predicted octanol–water partition coefficient (Wildman–Crippen LogP) is 5.54. The third-order valence-corrected chi connectivity index (χ3v) is 4.83. The molecule has 0 aliphatic heterocycles. The van der Waals surface area contributed by atoms with E-state index < -0.39 is 0 Å². The molecule has 154 valence electrons. The lowest BCUT2D eigenvalue weighted by atomic mass is 10.0. The minimum absolute atomic E-state index is 0.0254. The maximum absolute atomic E-state index is 12.1. The van der Waals surface area contributed by atoms with E-state index in [9.17, 15) is 4.79 Å². The van der Waals surface area contributed by atoms with Crippen LogP contribution in [-0.2, 0) is 20.8 Å². The molecule has 0 spiro atoms. The number of nitrogens with one attached hydrogen (secondary N) is 1. The summed E-state index contributed by atoms with van der Waals surface area (Å²) in [6.07, 6.45) is 1.35. The number of aryl methyl sites for hydroxylation is 1. The van der Waals surface area contributed by atoms with Gasteiger partial charge < -0.3 is 5.32 Å². The summed E-state index contributed by atoms with van der Waals surface area (Å²) in [6.45, 7) is 0. The van der Waals surface area contributed by atoms with Gasteiger partial charge in [0.15, 0.2) is 0 Å². The molecule has 0 radical (unpaired) electrons. The SMILES string of the molecule is O=C(CCc1ccc(-c2ccc3ccccc3n2)cc1)Nc1cccc(Cl)c1.O=C=O. The van der Waals surface area contributed by atoms with Crippen LogP contribution in [0.3, 0.4) is 0 Å². The maximum Gasteiger partial charge on any atom is 0.373 e. The van der Waals surface area contributed by atoms with Gasteiger partial charge >= 0.3 is 6.15 Å². The Morgan fingerprint density at radius 1 is 0.903 bits per heavy atom. The molecule has 0 bridgehead atoms. The summed E-state index contributed by atoms with van der Waals surface area (Å²) in [7, 11) is 0. The Balaban J connectivity index is 0.000000858. The van der Waals surface area contributed by atoms with Crippen LogP contribution in [0.25, 0.3) is 22.2 Å². The van der Waals surface area contributed by atoms with E-state index in [0.717, 1.165) is 33.4 Å². The fourth-order valence-electron chi connectivity index (χ4n) is 3.12. The molecule has 0 atom stereocenters. The summed E-state index contributed by atoms with van der Waals surface area (Å²) in [5.41, 5.74) is 4.84.